The minimum absolute atomic E-state index is 0.103. The molecule has 1 amide bonds. The SMILES string of the molecule is Cn1nccc1[C@@H]1CNC(=O)C12CCC2. The lowest BCUT2D eigenvalue weighted by Gasteiger charge is -2.40. The van der Waals surface area contributed by atoms with E-state index in [1.807, 2.05) is 24.0 Å². The molecule has 4 heteroatoms. The number of aromatic nitrogens is 2. The highest BCUT2D eigenvalue weighted by atomic mass is 16.2. The summed E-state index contributed by atoms with van der Waals surface area (Å²) in [5, 5.41) is 7.19. The van der Waals surface area contributed by atoms with Crippen molar-refractivity contribution in [2.75, 3.05) is 6.54 Å². The van der Waals surface area contributed by atoms with Crippen LogP contribution < -0.4 is 5.32 Å². The molecular formula is C11H15N3O. The molecule has 15 heavy (non-hydrogen) atoms. The normalized spacial score (nSPS) is 27.8. The second kappa shape index (κ2) is 2.84. The summed E-state index contributed by atoms with van der Waals surface area (Å²) in [6.07, 6.45) is 5.07. The van der Waals surface area contributed by atoms with Crippen molar-refractivity contribution in [3.05, 3.63) is 18.0 Å². The number of amides is 1. The third kappa shape index (κ3) is 1.02. The number of aryl methyl sites for hydroxylation is 1. The summed E-state index contributed by atoms with van der Waals surface area (Å²) in [7, 11) is 1.95. The topological polar surface area (TPSA) is 46.9 Å². The minimum atomic E-state index is -0.103. The van der Waals surface area contributed by atoms with Crippen LogP contribution >= 0.6 is 0 Å². The van der Waals surface area contributed by atoms with Crippen LogP contribution in [0.4, 0.5) is 0 Å². The fourth-order valence-corrected chi connectivity index (χ4v) is 2.97. The van der Waals surface area contributed by atoms with E-state index in [9.17, 15) is 4.79 Å². The van der Waals surface area contributed by atoms with Gasteiger partial charge in [-0.15, -0.1) is 0 Å². The molecule has 1 saturated heterocycles. The molecule has 1 spiro atoms. The van der Waals surface area contributed by atoms with Crippen LogP contribution in [0.3, 0.4) is 0 Å². The van der Waals surface area contributed by atoms with Crippen molar-refractivity contribution >= 4 is 5.91 Å². The molecule has 0 radical (unpaired) electrons. The highest BCUT2D eigenvalue weighted by molar-refractivity contribution is 5.87. The van der Waals surface area contributed by atoms with E-state index in [0.717, 1.165) is 19.4 Å². The summed E-state index contributed by atoms with van der Waals surface area (Å²) in [4.78, 5) is 11.9. The second-order valence-electron chi connectivity index (χ2n) is 4.65. The molecule has 1 N–H and O–H groups in total. The van der Waals surface area contributed by atoms with Gasteiger partial charge in [-0.3, -0.25) is 9.48 Å². The zero-order chi connectivity index (χ0) is 10.5. The molecule has 1 aromatic heterocycles. The van der Waals surface area contributed by atoms with E-state index in [-0.39, 0.29) is 11.3 Å². The third-order valence-corrected chi connectivity index (χ3v) is 4.05. The average molecular weight is 205 g/mol. The number of hydrogen-bond acceptors (Lipinski definition) is 2. The Morgan fingerprint density at radius 2 is 2.40 bits per heavy atom. The van der Waals surface area contributed by atoms with E-state index in [4.69, 9.17) is 0 Å². The summed E-state index contributed by atoms with van der Waals surface area (Å²) in [5.74, 6) is 0.575. The van der Waals surface area contributed by atoms with Crippen LogP contribution in [0.5, 0.6) is 0 Å². The molecule has 0 bridgehead atoms. The highest BCUT2D eigenvalue weighted by Crippen LogP contribution is 2.53. The maximum Gasteiger partial charge on any atom is 0.226 e. The van der Waals surface area contributed by atoms with Crippen molar-refractivity contribution in [2.24, 2.45) is 12.5 Å². The molecule has 2 heterocycles. The summed E-state index contributed by atoms with van der Waals surface area (Å²) in [6, 6.07) is 2.03. The molecule has 1 aliphatic heterocycles. The van der Waals surface area contributed by atoms with Gasteiger partial charge in [-0.05, 0) is 18.9 Å². The number of carbonyl (C=O) groups is 1. The predicted molar refractivity (Wildman–Crippen MR) is 55.2 cm³/mol. The van der Waals surface area contributed by atoms with E-state index in [1.54, 1.807) is 0 Å². The van der Waals surface area contributed by atoms with E-state index in [2.05, 4.69) is 10.4 Å². The second-order valence-corrected chi connectivity index (χ2v) is 4.65. The van der Waals surface area contributed by atoms with Gasteiger partial charge in [0.1, 0.15) is 0 Å². The van der Waals surface area contributed by atoms with Crippen LogP contribution in [0.2, 0.25) is 0 Å². The van der Waals surface area contributed by atoms with Crippen molar-refractivity contribution < 1.29 is 4.79 Å². The molecule has 1 atom stereocenters. The van der Waals surface area contributed by atoms with E-state index in [1.165, 1.54) is 12.1 Å². The molecule has 1 saturated carbocycles. The lowest BCUT2D eigenvalue weighted by atomic mass is 9.61. The highest BCUT2D eigenvalue weighted by Gasteiger charge is 2.55. The van der Waals surface area contributed by atoms with Gasteiger partial charge in [-0.2, -0.15) is 5.10 Å². The van der Waals surface area contributed by atoms with Gasteiger partial charge in [0.05, 0.1) is 5.41 Å². The predicted octanol–water partition coefficient (Wildman–Crippen LogP) is 0.804. The largest absolute Gasteiger partial charge is 0.355 e. The van der Waals surface area contributed by atoms with Crippen LogP contribution in [-0.2, 0) is 11.8 Å². The first-order valence-electron chi connectivity index (χ1n) is 5.50. The molecule has 0 aromatic carbocycles. The van der Waals surface area contributed by atoms with Gasteiger partial charge in [0.15, 0.2) is 0 Å². The molecule has 80 valence electrons. The fraction of sp³-hybridized carbons (Fsp3) is 0.636. The first kappa shape index (κ1) is 8.95. The van der Waals surface area contributed by atoms with Gasteiger partial charge in [-0.1, -0.05) is 6.42 Å². The Balaban J connectivity index is 2.00. The van der Waals surface area contributed by atoms with Crippen molar-refractivity contribution in [1.29, 1.82) is 0 Å². The molecule has 1 aromatic rings. The molecule has 0 unspecified atom stereocenters. The maximum atomic E-state index is 11.9. The Labute approximate surface area is 88.7 Å². The van der Waals surface area contributed by atoms with Crippen molar-refractivity contribution in [3.8, 4) is 0 Å². The zero-order valence-corrected chi connectivity index (χ0v) is 8.86. The monoisotopic (exact) mass is 205 g/mol. The van der Waals surface area contributed by atoms with Gasteiger partial charge in [0.2, 0.25) is 5.91 Å². The maximum absolute atomic E-state index is 11.9. The van der Waals surface area contributed by atoms with E-state index < -0.39 is 0 Å². The Morgan fingerprint density at radius 1 is 1.60 bits per heavy atom. The third-order valence-electron chi connectivity index (χ3n) is 4.05. The quantitative estimate of drug-likeness (QED) is 0.737. The summed E-state index contributed by atoms with van der Waals surface area (Å²) in [6.45, 7) is 0.776. The Morgan fingerprint density at radius 3 is 2.93 bits per heavy atom. The first-order chi connectivity index (χ1) is 7.24. The van der Waals surface area contributed by atoms with Crippen LogP contribution in [0.15, 0.2) is 12.3 Å². The van der Waals surface area contributed by atoms with Gasteiger partial charge in [0.25, 0.3) is 0 Å². The van der Waals surface area contributed by atoms with Crippen molar-refractivity contribution in [2.45, 2.75) is 25.2 Å². The summed E-state index contributed by atoms with van der Waals surface area (Å²) in [5.41, 5.74) is 1.08. The summed E-state index contributed by atoms with van der Waals surface area (Å²) < 4.78 is 1.89. The number of rotatable bonds is 1. The van der Waals surface area contributed by atoms with E-state index >= 15 is 0 Å². The Kier molecular flexibility index (Phi) is 1.69. The van der Waals surface area contributed by atoms with Crippen LogP contribution in [0, 0.1) is 5.41 Å². The molecule has 2 fully saturated rings. The van der Waals surface area contributed by atoms with Crippen LogP contribution in [0.25, 0.3) is 0 Å². The Bertz CT molecular complexity index is 406. The smallest absolute Gasteiger partial charge is 0.226 e. The molecule has 3 rings (SSSR count). The zero-order valence-electron chi connectivity index (χ0n) is 8.86. The number of carbonyl (C=O) groups excluding carboxylic acids is 1. The first-order valence-corrected chi connectivity index (χ1v) is 5.50. The molecular weight excluding hydrogens is 190 g/mol. The standard InChI is InChI=1S/C11H15N3O/c1-14-9(3-6-13-14)8-7-12-10(15)11(8)4-2-5-11/h3,6,8H,2,4-5,7H2,1H3,(H,12,15)/t8-/m0/s1. The number of nitrogens with one attached hydrogen (secondary N) is 1. The van der Waals surface area contributed by atoms with Crippen molar-refractivity contribution in [1.82, 2.24) is 15.1 Å². The number of nitrogens with zero attached hydrogens (tertiary/aromatic N) is 2. The van der Waals surface area contributed by atoms with Crippen LogP contribution in [0.1, 0.15) is 30.9 Å². The lowest BCUT2D eigenvalue weighted by molar-refractivity contribution is -0.132. The minimum Gasteiger partial charge on any atom is -0.355 e. The molecule has 1 aliphatic carbocycles. The van der Waals surface area contributed by atoms with Gasteiger partial charge >= 0.3 is 0 Å². The van der Waals surface area contributed by atoms with Gasteiger partial charge in [-0.25, -0.2) is 0 Å². The molecule has 2 aliphatic rings. The van der Waals surface area contributed by atoms with Crippen LogP contribution in [-0.4, -0.2) is 22.2 Å². The van der Waals surface area contributed by atoms with Crippen molar-refractivity contribution in [3.63, 3.8) is 0 Å². The molecule has 4 nitrogen and oxygen atoms in total. The lowest BCUT2D eigenvalue weighted by Crippen LogP contribution is -2.40. The van der Waals surface area contributed by atoms with Gasteiger partial charge < -0.3 is 5.32 Å². The number of hydrogen-bond donors (Lipinski definition) is 1. The summed E-state index contributed by atoms with van der Waals surface area (Å²) >= 11 is 0. The Hall–Kier alpha value is -1.32. The average Bonchev–Trinajstić information content (AvgIpc) is 2.67. The fourth-order valence-electron chi connectivity index (χ4n) is 2.97. The van der Waals surface area contributed by atoms with E-state index in [0.29, 0.717) is 5.92 Å². The van der Waals surface area contributed by atoms with Gasteiger partial charge in [0, 0.05) is 31.4 Å².